The van der Waals surface area contributed by atoms with Crippen molar-refractivity contribution in [2.24, 2.45) is 5.92 Å². The van der Waals surface area contributed by atoms with Gasteiger partial charge in [0.05, 0.1) is 5.92 Å². The number of anilines is 1. The van der Waals surface area contributed by atoms with E-state index in [0.717, 1.165) is 23.4 Å². The van der Waals surface area contributed by atoms with Gasteiger partial charge in [0.15, 0.2) is 0 Å². The number of aromatic nitrogens is 3. The Morgan fingerprint density at radius 1 is 1.32 bits per heavy atom. The zero-order chi connectivity index (χ0) is 15.4. The number of nitrogens with one attached hydrogen (secondary N) is 1. The quantitative estimate of drug-likeness (QED) is 0.936. The maximum absolute atomic E-state index is 12.8. The summed E-state index contributed by atoms with van der Waals surface area (Å²) >= 11 is 1.41. The zero-order valence-electron chi connectivity index (χ0n) is 12.7. The van der Waals surface area contributed by atoms with Crippen LogP contribution in [0.4, 0.5) is 5.13 Å². The standard InChI is InChI=1S/C16H20N4OS/c1-11-19-20-16(22-11)18-15(21)14(12-6-3-2-4-7-12)13-8-5-9-17-10-13/h5,8-10,12,14H,2-4,6-7H2,1H3,(H,18,20,21)/t14-/m0/s1. The van der Waals surface area contributed by atoms with E-state index >= 15 is 0 Å². The summed E-state index contributed by atoms with van der Waals surface area (Å²) in [7, 11) is 0. The van der Waals surface area contributed by atoms with Gasteiger partial charge in [-0.1, -0.05) is 36.7 Å². The van der Waals surface area contributed by atoms with E-state index in [9.17, 15) is 4.79 Å². The number of nitrogens with zero attached hydrogens (tertiary/aromatic N) is 3. The number of aryl methyl sites for hydroxylation is 1. The van der Waals surface area contributed by atoms with Crippen LogP contribution in [0, 0.1) is 12.8 Å². The SMILES string of the molecule is Cc1nnc(NC(=O)[C@H](c2cccnc2)C2CCCCC2)s1. The lowest BCUT2D eigenvalue weighted by Gasteiger charge is -2.29. The Balaban J connectivity index is 1.82. The third-order valence-electron chi connectivity index (χ3n) is 4.20. The van der Waals surface area contributed by atoms with Crippen LogP contribution < -0.4 is 5.32 Å². The van der Waals surface area contributed by atoms with E-state index in [-0.39, 0.29) is 11.8 Å². The second kappa shape index (κ2) is 6.96. The Labute approximate surface area is 134 Å². The Morgan fingerprint density at radius 2 is 2.14 bits per heavy atom. The molecule has 0 unspecified atom stereocenters. The van der Waals surface area contributed by atoms with Gasteiger partial charge in [0, 0.05) is 12.4 Å². The highest BCUT2D eigenvalue weighted by Crippen LogP contribution is 2.36. The number of hydrogen-bond acceptors (Lipinski definition) is 5. The van der Waals surface area contributed by atoms with Crippen molar-refractivity contribution in [2.45, 2.75) is 44.9 Å². The molecule has 1 saturated carbocycles. The van der Waals surface area contributed by atoms with Crippen LogP contribution in [0.3, 0.4) is 0 Å². The molecule has 3 rings (SSSR count). The molecule has 2 aromatic rings. The molecule has 0 spiro atoms. The number of rotatable bonds is 4. The smallest absolute Gasteiger partial charge is 0.234 e. The van der Waals surface area contributed by atoms with Crippen molar-refractivity contribution in [1.29, 1.82) is 0 Å². The molecule has 5 nitrogen and oxygen atoms in total. The summed E-state index contributed by atoms with van der Waals surface area (Å²) in [6, 6.07) is 3.89. The van der Waals surface area contributed by atoms with Gasteiger partial charge < -0.3 is 0 Å². The van der Waals surface area contributed by atoms with Crippen molar-refractivity contribution in [2.75, 3.05) is 5.32 Å². The predicted molar refractivity (Wildman–Crippen MR) is 86.8 cm³/mol. The molecule has 1 amide bonds. The number of amides is 1. The van der Waals surface area contributed by atoms with Gasteiger partial charge in [-0.05, 0) is 37.3 Å². The van der Waals surface area contributed by atoms with Gasteiger partial charge in [-0.3, -0.25) is 15.1 Å². The maximum Gasteiger partial charge on any atom is 0.234 e. The Bertz CT molecular complexity index is 622. The van der Waals surface area contributed by atoms with Crippen molar-refractivity contribution < 1.29 is 4.79 Å². The van der Waals surface area contributed by atoms with E-state index < -0.39 is 0 Å². The molecule has 2 heterocycles. The summed E-state index contributed by atoms with van der Waals surface area (Å²) in [5.41, 5.74) is 0.994. The first-order valence-corrected chi connectivity index (χ1v) is 8.56. The maximum atomic E-state index is 12.8. The molecule has 22 heavy (non-hydrogen) atoms. The van der Waals surface area contributed by atoms with E-state index in [1.807, 2.05) is 25.3 Å². The van der Waals surface area contributed by atoms with Gasteiger partial charge in [0.2, 0.25) is 11.0 Å². The molecular formula is C16H20N4OS. The molecule has 0 radical (unpaired) electrons. The third-order valence-corrected chi connectivity index (χ3v) is 4.96. The lowest BCUT2D eigenvalue weighted by molar-refractivity contribution is -0.119. The fraction of sp³-hybridized carbons (Fsp3) is 0.500. The highest BCUT2D eigenvalue weighted by atomic mass is 32.1. The summed E-state index contributed by atoms with van der Waals surface area (Å²) in [5.74, 6) is 0.237. The molecule has 0 bridgehead atoms. The molecular weight excluding hydrogens is 296 g/mol. The number of carbonyl (C=O) groups is 1. The second-order valence-electron chi connectivity index (χ2n) is 5.78. The van der Waals surface area contributed by atoms with Gasteiger partial charge in [0.25, 0.3) is 0 Å². The van der Waals surface area contributed by atoms with Crippen LogP contribution in [-0.2, 0) is 4.79 Å². The summed E-state index contributed by atoms with van der Waals surface area (Å²) in [6.45, 7) is 1.88. The molecule has 116 valence electrons. The summed E-state index contributed by atoms with van der Waals surface area (Å²) in [5, 5.41) is 12.3. The van der Waals surface area contributed by atoms with Gasteiger partial charge in [-0.15, -0.1) is 10.2 Å². The van der Waals surface area contributed by atoms with E-state index in [2.05, 4.69) is 20.5 Å². The minimum atomic E-state index is -0.154. The highest BCUT2D eigenvalue weighted by Gasteiger charge is 2.31. The molecule has 0 saturated heterocycles. The first kappa shape index (κ1) is 15.1. The van der Waals surface area contributed by atoms with E-state index in [0.29, 0.717) is 11.0 Å². The van der Waals surface area contributed by atoms with Crippen molar-refractivity contribution >= 4 is 22.4 Å². The van der Waals surface area contributed by atoms with Gasteiger partial charge >= 0.3 is 0 Å². The van der Waals surface area contributed by atoms with E-state index in [1.54, 1.807) is 6.20 Å². The zero-order valence-corrected chi connectivity index (χ0v) is 13.5. The first-order valence-electron chi connectivity index (χ1n) is 7.75. The largest absolute Gasteiger partial charge is 0.300 e. The minimum Gasteiger partial charge on any atom is -0.300 e. The molecule has 0 aliphatic heterocycles. The molecule has 2 aromatic heterocycles. The summed E-state index contributed by atoms with van der Waals surface area (Å²) < 4.78 is 0. The average molecular weight is 316 g/mol. The molecule has 1 N–H and O–H groups in total. The molecule has 1 aliphatic rings. The lowest BCUT2D eigenvalue weighted by Crippen LogP contribution is -2.29. The Kier molecular flexibility index (Phi) is 4.77. The minimum absolute atomic E-state index is 0.0102. The van der Waals surface area contributed by atoms with Crippen LogP contribution in [0.5, 0.6) is 0 Å². The van der Waals surface area contributed by atoms with Crippen molar-refractivity contribution in [3.8, 4) is 0 Å². The van der Waals surface area contributed by atoms with Crippen LogP contribution >= 0.6 is 11.3 Å². The fourth-order valence-electron chi connectivity index (χ4n) is 3.20. The van der Waals surface area contributed by atoms with Gasteiger partial charge in [-0.25, -0.2) is 0 Å². The first-order chi connectivity index (χ1) is 10.7. The summed E-state index contributed by atoms with van der Waals surface area (Å²) in [4.78, 5) is 17.0. The topological polar surface area (TPSA) is 67.8 Å². The third kappa shape index (κ3) is 3.50. The van der Waals surface area contributed by atoms with Crippen LogP contribution in [-0.4, -0.2) is 21.1 Å². The fourth-order valence-corrected chi connectivity index (χ4v) is 3.79. The van der Waals surface area contributed by atoms with E-state index in [1.165, 1.54) is 30.6 Å². The van der Waals surface area contributed by atoms with Crippen molar-refractivity contribution in [3.05, 3.63) is 35.1 Å². The molecule has 6 heteroatoms. The van der Waals surface area contributed by atoms with Crippen molar-refractivity contribution in [1.82, 2.24) is 15.2 Å². The van der Waals surface area contributed by atoms with Gasteiger partial charge in [0.1, 0.15) is 5.01 Å². The van der Waals surface area contributed by atoms with E-state index in [4.69, 9.17) is 0 Å². The number of pyridine rings is 1. The Hall–Kier alpha value is -1.82. The predicted octanol–water partition coefficient (Wildman–Crippen LogP) is 3.54. The molecule has 0 aromatic carbocycles. The molecule has 1 fully saturated rings. The number of hydrogen-bond donors (Lipinski definition) is 1. The van der Waals surface area contributed by atoms with Crippen LogP contribution in [0.1, 0.15) is 48.6 Å². The molecule has 1 atom stereocenters. The van der Waals surface area contributed by atoms with Crippen LogP contribution in [0.25, 0.3) is 0 Å². The normalized spacial score (nSPS) is 17.1. The molecule has 1 aliphatic carbocycles. The van der Waals surface area contributed by atoms with Crippen molar-refractivity contribution in [3.63, 3.8) is 0 Å². The summed E-state index contributed by atoms with van der Waals surface area (Å²) in [6.07, 6.45) is 9.43. The average Bonchev–Trinajstić information content (AvgIpc) is 2.95. The highest BCUT2D eigenvalue weighted by molar-refractivity contribution is 7.15. The lowest BCUT2D eigenvalue weighted by atomic mass is 9.76. The Morgan fingerprint density at radius 3 is 2.77 bits per heavy atom. The van der Waals surface area contributed by atoms with Crippen LogP contribution in [0.15, 0.2) is 24.5 Å². The number of carbonyl (C=O) groups excluding carboxylic acids is 1. The van der Waals surface area contributed by atoms with Gasteiger partial charge in [-0.2, -0.15) is 0 Å². The monoisotopic (exact) mass is 316 g/mol. The van der Waals surface area contributed by atoms with Crippen LogP contribution in [0.2, 0.25) is 0 Å². The second-order valence-corrected chi connectivity index (χ2v) is 6.96.